The Kier molecular flexibility index (Phi) is 6.54. The molecule has 11 heteroatoms. The molecule has 3 heterocycles. The van der Waals surface area contributed by atoms with Gasteiger partial charge in [0.25, 0.3) is 5.91 Å². The van der Waals surface area contributed by atoms with Gasteiger partial charge in [-0.05, 0) is 49.4 Å². The minimum Gasteiger partial charge on any atom is -0.475 e. The summed E-state index contributed by atoms with van der Waals surface area (Å²) in [6.45, 7) is 3.97. The average molecular weight is 477 g/mol. The van der Waals surface area contributed by atoms with E-state index in [0.717, 1.165) is 25.0 Å². The van der Waals surface area contributed by atoms with Gasteiger partial charge in [-0.15, -0.1) is 0 Å². The van der Waals surface area contributed by atoms with Crippen LogP contribution in [-0.4, -0.2) is 50.0 Å². The number of amides is 1. The normalized spacial score (nSPS) is 18.7. The number of halogens is 4. The van der Waals surface area contributed by atoms with Crippen LogP contribution in [-0.2, 0) is 6.18 Å². The number of alkyl halides is 3. The van der Waals surface area contributed by atoms with E-state index in [1.54, 1.807) is 4.90 Å². The van der Waals surface area contributed by atoms with Crippen molar-refractivity contribution >= 4 is 5.91 Å². The second-order valence-electron chi connectivity index (χ2n) is 8.26. The van der Waals surface area contributed by atoms with Crippen molar-refractivity contribution in [1.29, 1.82) is 0 Å². The number of ether oxygens (including phenoxy) is 1. The van der Waals surface area contributed by atoms with Crippen LogP contribution in [0.2, 0.25) is 0 Å². The Labute approximate surface area is 193 Å². The van der Waals surface area contributed by atoms with Gasteiger partial charge in [0.05, 0.1) is 35.2 Å². The van der Waals surface area contributed by atoms with E-state index in [2.05, 4.69) is 15.2 Å². The lowest BCUT2D eigenvalue weighted by Gasteiger charge is -2.40. The summed E-state index contributed by atoms with van der Waals surface area (Å²) >= 11 is 0. The van der Waals surface area contributed by atoms with Crippen molar-refractivity contribution < 1.29 is 27.1 Å². The van der Waals surface area contributed by atoms with Crippen molar-refractivity contribution in [3.8, 4) is 11.6 Å². The average Bonchev–Trinajstić information content (AvgIpc) is 3.34. The van der Waals surface area contributed by atoms with Crippen molar-refractivity contribution in [1.82, 2.24) is 24.9 Å². The van der Waals surface area contributed by atoms with Gasteiger partial charge in [-0.1, -0.05) is 6.92 Å². The maximum atomic E-state index is 14.5. The Morgan fingerprint density at radius 3 is 2.56 bits per heavy atom. The van der Waals surface area contributed by atoms with Crippen molar-refractivity contribution in [3.05, 3.63) is 65.4 Å². The second-order valence-corrected chi connectivity index (χ2v) is 8.26. The Hall–Kier alpha value is -3.50. The van der Waals surface area contributed by atoms with Gasteiger partial charge >= 0.3 is 6.18 Å². The molecule has 1 amide bonds. The van der Waals surface area contributed by atoms with Gasteiger partial charge in [-0.25, -0.2) is 9.37 Å². The first kappa shape index (κ1) is 23.7. The molecule has 1 saturated heterocycles. The van der Waals surface area contributed by atoms with Gasteiger partial charge in [0.2, 0.25) is 5.88 Å². The van der Waals surface area contributed by atoms with Crippen LogP contribution in [0.1, 0.15) is 41.3 Å². The Morgan fingerprint density at radius 2 is 1.91 bits per heavy atom. The molecule has 0 N–H and O–H groups in total. The Morgan fingerprint density at radius 1 is 1.18 bits per heavy atom. The zero-order chi connectivity index (χ0) is 24.5. The molecule has 2 atom stereocenters. The fourth-order valence-corrected chi connectivity index (χ4v) is 4.15. The van der Waals surface area contributed by atoms with Crippen molar-refractivity contribution in [2.75, 3.05) is 13.2 Å². The van der Waals surface area contributed by atoms with E-state index in [0.29, 0.717) is 18.4 Å². The van der Waals surface area contributed by atoms with E-state index in [-0.39, 0.29) is 41.5 Å². The molecule has 3 aromatic rings. The molecule has 0 unspecified atom stereocenters. The van der Waals surface area contributed by atoms with Gasteiger partial charge in [0, 0.05) is 18.8 Å². The summed E-state index contributed by atoms with van der Waals surface area (Å²) in [5.41, 5.74) is -0.176. The first-order chi connectivity index (χ1) is 16.2. The monoisotopic (exact) mass is 477 g/mol. The van der Waals surface area contributed by atoms with E-state index in [1.165, 1.54) is 36.2 Å². The minimum atomic E-state index is -4.49. The number of rotatable bonds is 5. The van der Waals surface area contributed by atoms with Crippen LogP contribution in [0.15, 0.2) is 42.9 Å². The van der Waals surface area contributed by atoms with Gasteiger partial charge in [-0.3, -0.25) is 4.79 Å². The number of pyridine rings is 1. The predicted octanol–water partition coefficient (Wildman–Crippen LogP) is 4.45. The van der Waals surface area contributed by atoms with Crippen molar-refractivity contribution in [2.45, 2.75) is 38.9 Å². The molecule has 0 saturated carbocycles. The van der Waals surface area contributed by atoms with E-state index in [1.807, 2.05) is 6.92 Å². The number of aromatic nitrogens is 4. The van der Waals surface area contributed by atoms with Crippen LogP contribution in [0.3, 0.4) is 0 Å². The number of likely N-dealkylation sites (tertiary alicyclic amines) is 1. The maximum absolute atomic E-state index is 14.5. The summed E-state index contributed by atoms with van der Waals surface area (Å²) in [6.07, 6.45) is 0.742. The van der Waals surface area contributed by atoms with E-state index < -0.39 is 17.6 Å². The van der Waals surface area contributed by atoms with Gasteiger partial charge in [0.15, 0.2) is 0 Å². The van der Waals surface area contributed by atoms with Crippen LogP contribution < -0.4 is 4.74 Å². The molecule has 1 aliphatic rings. The molecule has 0 bridgehead atoms. The zero-order valence-corrected chi connectivity index (χ0v) is 18.6. The van der Waals surface area contributed by atoms with Crippen LogP contribution in [0.5, 0.6) is 5.88 Å². The highest BCUT2D eigenvalue weighted by atomic mass is 19.4. The second kappa shape index (κ2) is 9.40. The molecule has 34 heavy (non-hydrogen) atoms. The van der Waals surface area contributed by atoms with Crippen molar-refractivity contribution in [2.24, 2.45) is 5.92 Å². The van der Waals surface area contributed by atoms with Gasteiger partial charge < -0.3 is 9.64 Å². The summed E-state index contributed by atoms with van der Waals surface area (Å²) in [5.74, 6) is -0.829. The highest BCUT2D eigenvalue weighted by Crippen LogP contribution is 2.31. The molecule has 1 aliphatic heterocycles. The molecule has 0 spiro atoms. The Bertz CT molecular complexity index is 1150. The molecule has 0 radical (unpaired) electrons. The van der Waals surface area contributed by atoms with Crippen LogP contribution in [0.25, 0.3) is 5.69 Å². The lowest BCUT2D eigenvalue weighted by atomic mass is 9.90. The number of carbonyl (C=O) groups excluding carboxylic acids is 1. The standard InChI is InChI=1S/C23H23F4N5O2/c1-14-4-3-11-31(19(14)13-34-20-8-5-16(12-28-20)23(25,26)27)22(33)21-15(2)17(24)6-7-18(21)32-29-9-10-30-32/h5-10,12,14,19H,3-4,11,13H2,1-2H3/t14-,19-/m1/s1. The maximum Gasteiger partial charge on any atom is 0.417 e. The number of nitrogens with zero attached hydrogens (tertiary/aromatic N) is 5. The van der Waals surface area contributed by atoms with E-state index in [9.17, 15) is 22.4 Å². The molecular formula is C23H23F4N5O2. The molecule has 1 aromatic carbocycles. The van der Waals surface area contributed by atoms with Gasteiger partial charge in [0.1, 0.15) is 12.4 Å². The fourth-order valence-electron chi connectivity index (χ4n) is 4.15. The number of hydrogen-bond donors (Lipinski definition) is 0. The summed E-state index contributed by atoms with van der Waals surface area (Å²) < 4.78 is 58.5. The summed E-state index contributed by atoms with van der Waals surface area (Å²) in [5, 5.41) is 8.16. The molecule has 180 valence electrons. The number of carbonyl (C=O) groups is 1. The molecule has 4 rings (SSSR count). The third kappa shape index (κ3) is 4.73. The highest BCUT2D eigenvalue weighted by molar-refractivity contribution is 5.99. The number of hydrogen-bond acceptors (Lipinski definition) is 5. The molecular weight excluding hydrogens is 454 g/mol. The quantitative estimate of drug-likeness (QED) is 0.508. The van der Waals surface area contributed by atoms with Crippen LogP contribution >= 0.6 is 0 Å². The first-order valence-corrected chi connectivity index (χ1v) is 10.8. The lowest BCUT2D eigenvalue weighted by molar-refractivity contribution is -0.137. The predicted molar refractivity (Wildman–Crippen MR) is 114 cm³/mol. The topological polar surface area (TPSA) is 73.1 Å². The number of piperidine rings is 1. The largest absolute Gasteiger partial charge is 0.475 e. The molecule has 1 fully saturated rings. The minimum absolute atomic E-state index is 0.0292. The highest BCUT2D eigenvalue weighted by Gasteiger charge is 2.35. The first-order valence-electron chi connectivity index (χ1n) is 10.8. The van der Waals surface area contributed by atoms with E-state index in [4.69, 9.17) is 4.74 Å². The van der Waals surface area contributed by atoms with E-state index >= 15 is 0 Å². The third-order valence-electron chi connectivity index (χ3n) is 6.07. The van der Waals surface area contributed by atoms with Crippen molar-refractivity contribution in [3.63, 3.8) is 0 Å². The number of benzene rings is 1. The van der Waals surface area contributed by atoms with Gasteiger partial charge in [-0.2, -0.15) is 28.2 Å². The summed E-state index contributed by atoms with van der Waals surface area (Å²) in [7, 11) is 0. The zero-order valence-electron chi connectivity index (χ0n) is 18.6. The Balaban J connectivity index is 1.59. The lowest BCUT2D eigenvalue weighted by Crippen LogP contribution is -2.51. The fraction of sp³-hybridized carbons (Fsp3) is 0.391. The summed E-state index contributed by atoms with van der Waals surface area (Å²) in [4.78, 5) is 20.3. The molecule has 2 aromatic heterocycles. The smallest absolute Gasteiger partial charge is 0.417 e. The van der Waals surface area contributed by atoms with Crippen LogP contribution in [0, 0.1) is 18.7 Å². The summed E-state index contributed by atoms with van der Waals surface area (Å²) in [6, 6.07) is 4.39. The SMILES string of the molecule is Cc1c(F)ccc(-n2nccn2)c1C(=O)N1CCC[C@@H](C)[C@H]1COc1ccc(C(F)(F)F)cn1. The third-order valence-corrected chi connectivity index (χ3v) is 6.07. The van der Waals surface area contributed by atoms with Crippen LogP contribution in [0.4, 0.5) is 17.6 Å². The molecule has 0 aliphatic carbocycles. The molecule has 7 nitrogen and oxygen atoms in total.